The van der Waals surface area contributed by atoms with Crippen LogP contribution in [0.4, 0.5) is 0 Å². The molecular weight excluding hydrogens is 430 g/mol. The Morgan fingerprint density at radius 1 is 1.06 bits per heavy atom. The minimum Gasteiger partial charge on any atom is -0.486 e. The largest absolute Gasteiger partial charge is 0.486 e. The Labute approximate surface area is 192 Å². The summed E-state index contributed by atoms with van der Waals surface area (Å²) in [7, 11) is 1.65. The number of hydrogen-bond donors (Lipinski definition) is 1. The van der Waals surface area contributed by atoms with Crippen molar-refractivity contribution in [3.8, 4) is 21.9 Å². The predicted molar refractivity (Wildman–Crippen MR) is 123 cm³/mol. The predicted octanol–water partition coefficient (Wildman–Crippen LogP) is 2.10. The highest BCUT2D eigenvalue weighted by Gasteiger charge is 2.24. The Hall–Kier alpha value is -2.62. The molecule has 2 amide bonds. The van der Waals surface area contributed by atoms with Crippen LogP contribution in [0.5, 0.6) is 11.5 Å². The summed E-state index contributed by atoms with van der Waals surface area (Å²) in [5.41, 5.74) is 1.01. The van der Waals surface area contributed by atoms with E-state index in [4.69, 9.17) is 14.2 Å². The third-order valence-electron chi connectivity index (χ3n) is 5.52. The molecule has 2 aliphatic heterocycles. The Balaban J connectivity index is 1.28. The first-order valence-corrected chi connectivity index (χ1v) is 11.7. The zero-order valence-corrected chi connectivity index (χ0v) is 19.1. The zero-order valence-electron chi connectivity index (χ0n) is 18.3. The van der Waals surface area contributed by atoms with Gasteiger partial charge in [-0.1, -0.05) is 0 Å². The fourth-order valence-electron chi connectivity index (χ4n) is 3.77. The summed E-state index contributed by atoms with van der Waals surface area (Å²) in [5, 5.41) is 2.91. The van der Waals surface area contributed by atoms with Gasteiger partial charge in [-0.05, 0) is 42.3 Å². The number of hydrogen-bond acceptors (Lipinski definition) is 7. The topological polar surface area (TPSA) is 80.3 Å². The number of nitrogens with one attached hydrogen (secondary N) is 1. The van der Waals surface area contributed by atoms with Gasteiger partial charge in [-0.3, -0.25) is 14.5 Å². The lowest BCUT2D eigenvalue weighted by Crippen LogP contribution is -2.51. The molecule has 172 valence electrons. The molecule has 1 aromatic carbocycles. The van der Waals surface area contributed by atoms with Crippen LogP contribution in [0.15, 0.2) is 30.3 Å². The first-order valence-electron chi connectivity index (χ1n) is 10.9. The van der Waals surface area contributed by atoms with Crippen LogP contribution in [-0.4, -0.2) is 87.8 Å². The maximum absolute atomic E-state index is 13.0. The minimum atomic E-state index is 0.0169. The average Bonchev–Trinajstić information content (AvgIpc) is 3.32. The van der Waals surface area contributed by atoms with E-state index in [1.165, 1.54) is 11.3 Å². The normalized spacial score (nSPS) is 16.1. The van der Waals surface area contributed by atoms with Crippen molar-refractivity contribution < 1.29 is 23.8 Å². The maximum atomic E-state index is 13.0. The second kappa shape index (κ2) is 10.8. The number of thiophene rings is 1. The molecule has 1 N–H and O–H groups in total. The Bertz CT molecular complexity index is 939. The molecule has 9 heteroatoms. The van der Waals surface area contributed by atoms with Crippen LogP contribution in [0.1, 0.15) is 16.1 Å². The molecule has 32 heavy (non-hydrogen) atoms. The number of carbonyl (C=O) groups is 2. The van der Waals surface area contributed by atoms with E-state index in [0.717, 1.165) is 33.2 Å². The first kappa shape index (κ1) is 22.6. The number of fused-ring (bicyclic) bond motifs is 1. The summed E-state index contributed by atoms with van der Waals surface area (Å²) in [6, 6.07) is 9.74. The highest BCUT2D eigenvalue weighted by Crippen LogP contribution is 2.37. The molecule has 0 saturated carbocycles. The fourth-order valence-corrected chi connectivity index (χ4v) is 4.74. The van der Waals surface area contributed by atoms with Crippen molar-refractivity contribution in [2.45, 2.75) is 6.42 Å². The van der Waals surface area contributed by atoms with E-state index in [1.54, 1.807) is 7.11 Å². The van der Waals surface area contributed by atoms with Crippen molar-refractivity contribution in [1.82, 2.24) is 15.1 Å². The monoisotopic (exact) mass is 459 g/mol. The molecule has 2 aliphatic rings. The van der Waals surface area contributed by atoms with Gasteiger partial charge in [0, 0.05) is 51.3 Å². The van der Waals surface area contributed by atoms with Crippen LogP contribution in [-0.2, 0) is 9.53 Å². The van der Waals surface area contributed by atoms with Crippen LogP contribution in [0.3, 0.4) is 0 Å². The second-order valence-corrected chi connectivity index (χ2v) is 8.87. The van der Waals surface area contributed by atoms with Gasteiger partial charge in [0.05, 0.1) is 11.4 Å². The molecule has 0 unspecified atom stereocenters. The molecule has 4 rings (SSSR count). The van der Waals surface area contributed by atoms with E-state index in [1.807, 2.05) is 35.2 Å². The highest BCUT2D eigenvalue weighted by molar-refractivity contribution is 7.17. The van der Waals surface area contributed by atoms with Crippen molar-refractivity contribution in [2.24, 2.45) is 0 Å². The van der Waals surface area contributed by atoms with Crippen LogP contribution < -0.4 is 14.8 Å². The molecule has 0 radical (unpaired) electrons. The number of amides is 2. The smallest absolute Gasteiger partial charge is 0.264 e. The lowest BCUT2D eigenvalue weighted by Gasteiger charge is -2.34. The third-order valence-corrected chi connectivity index (χ3v) is 6.64. The third kappa shape index (κ3) is 5.59. The molecule has 0 bridgehead atoms. The SMILES string of the molecule is COCCCNC(=O)CN1CCN(C(=O)c2ccc(-c3ccc4c(c3)OCCO4)s2)CC1. The standard InChI is InChI=1S/C23H29N3O5S/c1-29-12-2-7-24-22(27)16-25-8-10-26(11-9-25)23(28)21-6-5-20(32-21)17-3-4-18-19(15-17)31-14-13-30-18/h3-6,15H,2,7-14,16H2,1H3,(H,24,27). The van der Waals surface area contributed by atoms with Gasteiger partial charge in [-0.15, -0.1) is 11.3 Å². The summed E-state index contributed by atoms with van der Waals surface area (Å²) in [6.07, 6.45) is 0.805. The first-order chi connectivity index (χ1) is 15.6. The van der Waals surface area contributed by atoms with Gasteiger partial charge in [0.15, 0.2) is 11.5 Å². The minimum absolute atomic E-state index is 0.0169. The number of carbonyl (C=O) groups excluding carboxylic acids is 2. The number of piperazine rings is 1. The van der Waals surface area contributed by atoms with Crippen LogP contribution in [0.2, 0.25) is 0 Å². The van der Waals surface area contributed by atoms with Crippen molar-refractivity contribution in [1.29, 1.82) is 0 Å². The number of rotatable bonds is 8. The van der Waals surface area contributed by atoms with Gasteiger partial charge >= 0.3 is 0 Å². The van der Waals surface area contributed by atoms with E-state index in [2.05, 4.69) is 10.2 Å². The summed E-state index contributed by atoms with van der Waals surface area (Å²) >= 11 is 1.49. The Morgan fingerprint density at radius 3 is 2.62 bits per heavy atom. The van der Waals surface area contributed by atoms with Crippen LogP contribution in [0, 0.1) is 0 Å². The van der Waals surface area contributed by atoms with Gasteiger partial charge < -0.3 is 24.4 Å². The average molecular weight is 460 g/mol. The van der Waals surface area contributed by atoms with Crippen molar-refractivity contribution in [3.05, 3.63) is 35.2 Å². The number of ether oxygens (including phenoxy) is 3. The van der Waals surface area contributed by atoms with Gasteiger partial charge in [0.1, 0.15) is 13.2 Å². The maximum Gasteiger partial charge on any atom is 0.264 e. The molecule has 1 saturated heterocycles. The lowest BCUT2D eigenvalue weighted by molar-refractivity contribution is -0.122. The Kier molecular flexibility index (Phi) is 7.62. The van der Waals surface area contributed by atoms with Crippen molar-refractivity contribution >= 4 is 23.2 Å². The number of methoxy groups -OCH3 is 1. The van der Waals surface area contributed by atoms with Crippen molar-refractivity contribution in [3.63, 3.8) is 0 Å². The summed E-state index contributed by atoms with van der Waals surface area (Å²) in [4.78, 5) is 30.7. The number of nitrogens with zero attached hydrogens (tertiary/aromatic N) is 2. The lowest BCUT2D eigenvalue weighted by atomic mass is 10.1. The van der Waals surface area contributed by atoms with E-state index in [0.29, 0.717) is 59.1 Å². The second-order valence-electron chi connectivity index (χ2n) is 7.79. The summed E-state index contributed by atoms with van der Waals surface area (Å²) < 4.78 is 16.2. The van der Waals surface area contributed by atoms with Gasteiger partial charge in [-0.25, -0.2) is 0 Å². The molecular formula is C23H29N3O5S. The van der Waals surface area contributed by atoms with E-state index >= 15 is 0 Å². The molecule has 0 atom stereocenters. The molecule has 2 aromatic rings. The molecule has 3 heterocycles. The van der Waals surface area contributed by atoms with Crippen LogP contribution in [0.25, 0.3) is 10.4 Å². The molecule has 0 aliphatic carbocycles. The van der Waals surface area contributed by atoms with Gasteiger partial charge in [0.2, 0.25) is 5.91 Å². The fraction of sp³-hybridized carbons (Fsp3) is 0.478. The van der Waals surface area contributed by atoms with E-state index < -0.39 is 0 Å². The van der Waals surface area contributed by atoms with Gasteiger partial charge in [0.25, 0.3) is 5.91 Å². The highest BCUT2D eigenvalue weighted by atomic mass is 32.1. The number of benzene rings is 1. The Morgan fingerprint density at radius 2 is 1.84 bits per heavy atom. The molecule has 1 aromatic heterocycles. The molecule has 0 spiro atoms. The van der Waals surface area contributed by atoms with Gasteiger partial charge in [-0.2, -0.15) is 0 Å². The zero-order chi connectivity index (χ0) is 22.3. The van der Waals surface area contributed by atoms with E-state index in [-0.39, 0.29) is 11.8 Å². The summed E-state index contributed by atoms with van der Waals surface area (Å²) in [5.74, 6) is 1.56. The molecule has 1 fully saturated rings. The van der Waals surface area contributed by atoms with Crippen molar-refractivity contribution in [2.75, 3.05) is 66.2 Å². The van der Waals surface area contributed by atoms with Crippen LogP contribution >= 0.6 is 11.3 Å². The quantitative estimate of drug-likeness (QED) is 0.609. The summed E-state index contributed by atoms with van der Waals surface area (Å²) in [6.45, 7) is 5.36. The van der Waals surface area contributed by atoms with E-state index in [9.17, 15) is 9.59 Å². The molecule has 8 nitrogen and oxygen atoms in total.